The smallest absolute Gasteiger partial charge is 0.247 e. The lowest BCUT2D eigenvalue weighted by atomic mass is 9.88. The Labute approximate surface area is 126 Å². The number of β-lactam (4-membered cyclic amide) rings is 1. The van der Waals surface area contributed by atoms with Gasteiger partial charge in [0.05, 0.1) is 16.1 Å². The molecule has 0 aliphatic carbocycles. The average molecular weight is 307 g/mol. The van der Waals surface area contributed by atoms with Gasteiger partial charge in [0, 0.05) is 5.69 Å². The Bertz CT molecular complexity index is 660. The molecule has 0 bridgehead atoms. The fraction of sp³-hybridized carbons (Fsp3) is 0.133. The highest BCUT2D eigenvalue weighted by Crippen LogP contribution is 2.39. The van der Waals surface area contributed by atoms with Crippen LogP contribution < -0.4 is 10.6 Å². The monoisotopic (exact) mass is 306 g/mol. The Morgan fingerprint density at radius 3 is 2.35 bits per heavy atom. The van der Waals surface area contributed by atoms with E-state index in [4.69, 9.17) is 28.9 Å². The van der Waals surface area contributed by atoms with Crippen molar-refractivity contribution in [3.05, 3.63) is 64.1 Å². The van der Waals surface area contributed by atoms with Crippen molar-refractivity contribution in [2.24, 2.45) is 5.73 Å². The lowest BCUT2D eigenvalue weighted by Crippen LogP contribution is -2.63. The molecule has 2 aromatic carbocycles. The molecular formula is C15H12Cl2N2O. The highest BCUT2D eigenvalue weighted by Gasteiger charge is 2.46. The topological polar surface area (TPSA) is 46.3 Å². The van der Waals surface area contributed by atoms with E-state index in [0.717, 1.165) is 5.56 Å². The van der Waals surface area contributed by atoms with E-state index in [9.17, 15) is 4.79 Å². The largest absolute Gasteiger partial charge is 0.318 e. The molecule has 2 N–H and O–H groups in total. The van der Waals surface area contributed by atoms with Crippen molar-refractivity contribution in [1.82, 2.24) is 0 Å². The van der Waals surface area contributed by atoms with Crippen LogP contribution in [0.3, 0.4) is 0 Å². The molecule has 20 heavy (non-hydrogen) atoms. The van der Waals surface area contributed by atoms with Crippen LogP contribution >= 0.6 is 23.2 Å². The average Bonchev–Trinajstić information content (AvgIpc) is 2.47. The lowest BCUT2D eigenvalue weighted by molar-refractivity contribution is -0.126. The summed E-state index contributed by atoms with van der Waals surface area (Å²) in [5, 5.41) is 0.883. The third-order valence-electron chi connectivity index (χ3n) is 3.46. The van der Waals surface area contributed by atoms with E-state index in [1.807, 2.05) is 30.3 Å². The second-order valence-corrected chi connectivity index (χ2v) is 5.50. The molecule has 0 spiro atoms. The van der Waals surface area contributed by atoms with E-state index < -0.39 is 6.04 Å². The zero-order valence-corrected chi connectivity index (χ0v) is 12.0. The van der Waals surface area contributed by atoms with Crippen LogP contribution in [-0.4, -0.2) is 11.9 Å². The summed E-state index contributed by atoms with van der Waals surface area (Å²) in [4.78, 5) is 13.7. The van der Waals surface area contributed by atoms with Crippen molar-refractivity contribution in [2.75, 3.05) is 4.90 Å². The van der Waals surface area contributed by atoms with E-state index in [0.29, 0.717) is 15.7 Å². The van der Waals surface area contributed by atoms with Crippen molar-refractivity contribution in [3.63, 3.8) is 0 Å². The van der Waals surface area contributed by atoms with Gasteiger partial charge in [-0.15, -0.1) is 0 Å². The molecule has 1 aliphatic heterocycles. The second kappa shape index (κ2) is 5.09. The number of carbonyl (C=O) groups excluding carboxylic acids is 1. The third-order valence-corrected chi connectivity index (χ3v) is 4.20. The van der Waals surface area contributed by atoms with E-state index in [1.54, 1.807) is 23.1 Å². The van der Waals surface area contributed by atoms with Gasteiger partial charge < -0.3 is 10.6 Å². The molecule has 3 rings (SSSR count). The first-order valence-electron chi connectivity index (χ1n) is 6.18. The molecule has 0 saturated carbocycles. The summed E-state index contributed by atoms with van der Waals surface area (Å²) < 4.78 is 0. The molecule has 1 amide bonds. The number of hydrogen-bond acceptors (Lipinski definition) is 2. The number of benzene rings is 2. The third kappa shape index (κ3) is 2.08. The molecule has 2 aromatic rings. The summed E-state index contributed by atoms with van der Waals surface area (Å²) >= 11 is 11.9. The SMILES string of the molecule is N[C@H]1C(=O)N(c2ccc(Cl)c(Cl)c2)[C@H]1c1ccccc1. The Morgan fingerprint density at radius 2 is 1.70 bits per heavy atom. The minimum Gasteiger partial charge on any atom is -0.318 e. The van der Waals surface area contributed by atoms with Gasteiger partial charge in [-0.25, -0.2) is 0 Å². The Balaban J connectivity index is 1.99. The van der Waals surface area contributed by atoms with Gasteiger partial charge in [0.15, 0.2) is 0 Å². The zero-order chi connectivity index (χ0) is 14.3. The molecule has 3 nitrogen and oxygen atoms in total. The van der Waals surface area contributed by atoms with E-state index in [-0.39, 0.29) is 11.9 Å². The molecule has 5 heteroatoms. The van der Waals surface area contributed by atoms with Gasteiger partial charge in [0.2, 0.25) is 5.91 Å². The number of nitrogens with two attached hydrogens (primary N) is 1. The van der Waals surface area contributed by atoms with Crippen molar-refractivity contribution >= 4 is 34.8 Å². The van der Waals surface area contributed by atoms with Crippen LogP contribution in [0.4, 0.5) is 5.69 Å². The first-order valence-corrected chi connectivity index (χ1v) is 6.94. The molecule has 1 heterocycles. The fourth-order valence-corrected chi connectivity index (χ4v) is 2.73. The molecule has 1 saturated heterocycles. The molecule has 102 valence electrons. The molecule has 0 radical (unpaired) electrons. The first-order chi connectivity index (χ1) is 9.59. The van der Waals surface area contributed by atoms with Gasteiger partial charge in [-0.3, -0.25) is 4.79 Å². The van der Waals surface area contributed by atoms with Crippen LogP contribution in [0.5, 0.6) is 0 Å². The van der Waals surface area contributed by atoms with Crippen LogP contribution in [0.25, 0.3) is 0 Å². The quantitative estimate of drug-likeness (QED) is 0.864. The minimum atomic E-state index is -0.521. The number of nitrogens with zero attached hydrogens (tertiary/aromatic N) is 1. The Morgan fingerprint density at radius 1 is 1.00 bits per heavy atom. The summed E-state index contributed by atoms with van der Waals surface area (Å²) in [6.45, 7) is 0. The van der Waals surface area contributed by atoms with Crippen molar-refractivity contribution < 1.29 is 4.79 Å². The minimum absolute atomic E-state index is 0.114. The van der Waals surface area contributed by atoms with Gasteiger partial charge in [-0.2, -0.15) is 0 Å². The molecule has 0 unspecified atom stereocenters. The van der Waals surface area contributed by atoms with E-state index in [1.165, 1.54) is 0 Å². The number of halogens is 2. The Kier molecular flexibility index (Phi) is 3.42. The van der Waals surface area contributed by atoms with Gasteiger partial charge in [0.1, 0.15) is 6.04 Å². The summed E-state index contributed by atoms with van der Waals surface area (Å²) in [6.07, 6.45) is 0. The van der Waals surface area contributed by atoms with Gasteiger partial charge in [-0.1, -0.05) is 53.5 Å². The number of anilines is 1. The van der Waals surface area contributed by atoms with Crippen LogP contribution in [0, 0.1) is 0 Å². The lowest BCUT2D eigenvalue weighted by Gasteiger charge is -2.45. The Hall–Kier alpha value is -1.55. The highest BCUT2D eigenvalue weighted by molar-refractivity contribution is 6.42. The summed E-state index contributed by atoms with van der Waals surface area (Å²) in [5.41, 5.74) is 7.66. The number of rotatable bonds is 2. The van der Waals surface area contributed by atoms with Crippen LogP contribution in [0.15, 0.2) is 48.5 Å². The molecule has 1 aliphatic rings. The predicted octanol–water partition coefficient (Wildman–Crippen LogP) is 3.41. The standard InChI is InChI=1S/C15H12Cl2N2O/c16-11-7-6-10(8-12(11)17)19-14(13(18)15(19)20)9-4-2-1-3-5-9/h1-8,13-14H,18H2/t13-,14+/m1/s1. The number of carbonyl (C=O) groups is 1. The summed E-state index contributed by atoms with van der Waals surface area (Å²) in [7, 11) is 0. The summed E-state index contributed by atoms with van der Waals surface area (Å²) in [6, 6.07) is 14.2. The second-order valence-electron chi connectivity index (χ2n) is 4.69. The van der Waals surface area contributed by atoms with Crippen LogP contribution in [-0.2, 0) is 4.79 Å². The normalized spacial score (nSPS) is 21.8. The predicted molar refractivity (Wildman–Crippen MR) is 81.1 cm³/mol. The highest BCUT2D eigenvalue weighted by atomic mass is 35.5. The maximum Gasteiger partial charge on any atom is 0.247 e. The van der Waals surface area contributed by atoms with Crippen molar-refractivity contribution in [3.8, 4) is 0 Å². The maximum atomic E-state index is 12.1. The maximum absolute atomic E-state index is 12.1. The van der Waals surface area contributed by atoms with Crippen LogP contribution in [0.1, 0.15) is 11.6 Å². The van der Waals surface area contributed by atoms with Crippen LogP contribution in [0.2, 0.25) is 10.0 Å². The van der Waals surface area contributed by atoms with Crippen molar-refractivity contribution in [1.29, 1.82) is 0 Å². The van der Waals surface area contributed by atoms with Gasteiger partial charge in [0.25, 0.3) is 0 Å². The van der Waals surface area contributed by atoms with E-state index in [2.05, 4.69) is 0 Å². The number of hydrogen-bond donors (Lipinski definition) is 1. The number of amides is 1. The fourth-order valence-electron chi connectivity index (χ4n) is 2.44. The van der Waals surface area contributed by atoms with Gasteiger partial charge >= 0.3 is 0 Å². The zero-order valence-electron chi connectivity index (χ0n) is 10.5. The molecular weight excluding hydrogens is 295 g/mol. The molecule has 2 atom stereocenters. The summed E-state index contributed by atoms with van der Waals surface area (Å²) in [5.74, 6) is -0.114. The first kappa shape index (κ1) is 13.4. The molecule has 1 fully saturated rings. The molecule has 0 aromatic heterocycles. The van der Waals surface area contributed by atoms with Crippen molar-refractivity contribution in [2.45, 2.75) is 12.1 Å². The van der Waals surface area contributed by atoms with Gasteiger partial charge in [-0.05, 0) is 23.8 Å². The van der Waals surface area contributed by atoms with E-state index >= 15 is 0 Å².